The summed E-state index contributed by atoms with van der Waals surface area (Å²) >= 11 is 1.48. The van der Waals surface area contributed by atoms with E-state index in [0.29, 0.717) is 12.6 Å². The van der Waals surface area contributed by atoms with E-state index < -0.39 is 0 Å². The lowest BCUT2D eigenvalue weighted by atomic mass is 10.1. The molecule has 1 aromatic carbocycles. The van der Waals surface area contributed by atoms with Crippen molar-refractivity contribution in [2.45, 2.75) is 55.2 Å². The van der Waals surface area contributed by atoms with Crippen molar-refractivity contribution in [1.82, 2.24) is 25.1 Å². The highest BCUT2D eigenvalue weighted by Gasteiger charge is 2.32. The van der Waals surface area contributed by atoms with Crippen molar-refractivity contribution in [2.24, 2.45) is 0 Å². The van der Waals surface area contributed by atoms with Gasteiger partial charge in [0.25, 0.3) is 0 Å². The first-order valence-electron chi connectivity index (χ1n) is 10.3. The number of amides is 1. The average Bonchev–Trinajstić information content (AvgIpc) is 3.13. The van der Waals surface area contributed by atoms with Crippen molar-refractivity contribution >= 4 is 28.6 Å². The van der Waals surface area contributed by atoms with Crippen LogP contribution in [0, 0.1) is 0 Å². The second-order valence-corrected chi connectivity index (χ2v) is 9.10. The highest BCUT2D eigenvalue weighted by atomic mass is 32.2. The molecule has 2 fully saturated rings. The van der Waals surface area contributed by atoms with Gasteiger partial charge in [-0.2, -0.15) is 0 Å². The minimum Gasteiger partial charge on any atom is -0.376 e. The third kappa shape index (κ3) is 3.79. The fourth-order valence-corrected chi connectivity index (χ4v) is 4.78. The molecule has 1 aliphatic heterocycles. The van der Waals surface area contributed by atoms with Crippen molar-refractivity contribution in [2.75, 3.05) is 13.2 Å². The normalized spacial score (nSPS) is 20.2. The first-order valence-corrected chi connectivity index (χ1v) is 11.2. The van der Waals surface area contributed by atoms with E-state index in [9.17, 15) is 4.79 Å². The maximum absolute atomic E-state index is 12.6. The Morgan fingerprint density at radius 1 is 1.34 bits per heavy atom. The summed E-state index contributed by atoms with van der Waals surface area (Å²) in [5.41, 5.74) is 2.14. The van der Waals surface area contributed by atoms with Crippen LogP contribution in [0.1, 0.15) is 38.6 Å². The largest absolute Gasteiger partial charge is 0.376 e. The Balaban J connectivity index is 1.35. The SMILES string of the molecule is C[C@H](Sc1nnc(-c2c[nH]c3ccccc23)n1C1CC1)C(=O)NC[C@H]1CCCO1. The lowest BCUT2D eigenvalue weighted by Crippen LogP contribution is -2.36. The first-order chi connectivity index (χ1) is 14.2. The zero-order chi connectivity index (χ0) is 19.8. The van der Waals surface area contributed by atoms with Gasteiger partial charge < -0.3 is 15.0 Å². The zero-order valence-corrected chi connectivity index (χ0v) is 17.2. The second-order valence-electron chi connectivity index (χ2n) is 7.80. The molecule has 152 valence electrons. The Kier molecular flexibility index (Phi) is 5.05. The van der Waals surface area contributed by atoms with Crippen LogP contribution >= 0.6 is 11.8 Å². The van der Waals surface area contributed by atoms with Crippen LogP contribution in [0.15, 0.2) is 35.6 Å². The van der Waals surface area contributed by atoms with Gasteiger partial charge in [0.15, 0.2) is 11.0 Å². The van der Waals surface area contributed by atoms with Crippen LogP contribution in [-0.4, -0.2) is 50.2 Å². The molecule has 1 saturated carbocycles. The van der Waals surface area contributed by atoms with E-state index in [1.807, 2.05) is 25.3 Å². The van der Waals surface area contributed by atoms with Gasteiger partial charge in [0.05, 0.1) is 11.4 Å². The number of carbonyl (C=O) groups is 1. The minimum atomic E-state index is -0.242. The molecule has 1 saturated heterocycles. The van der Waals surface area contributed by atoms with Gasteiger partial charge in [0, 0.05) is 41.9 Å². The number of thioether (sulfide) groups is 1. The van der Waals surface area contributed by atoms with Crippen LogP contribution < -0.4 is 5.32 Å². The van der Waals surface area contributed by atoms with E-state index in [-0.39, 0.29) is 17.3 Å². The summed E-state index contributed by atoms with van der Waals surface area (Å²) in [7, 11) is 0. The standard InChI is InChI=1S/C21H25N5O2S/c1-13(20(27)23-11-15-5-4-10-28-15)29-21-25-24-19(26(21)14-8-9-14)17-12-22-18-7-3-2-6-16(17)18/h2-3,6-7,12-15,22H,4-5,8-11H2,1H3,(H,23,27)/t13-,15+/m0/s1. The van der Waals surface area contributed by atoms with Crippen LogP contribution in [0.25, 0.3) is 22.3 Å². The maximum atomic E-state index is 12.6. The van der Waals surface area contributed by atoms with Crippen LogP contribution in [0.5, 0.6) is 0 Å². The molecule has 2 aromatic heterocycles. The number of carbonyl (C=O) groups excluding carboxylic acids is 1. The van der Waals surface area contributed by atoms with Crippen molar-refractivity contribution in [3.05, 3.63) is 30.5 Å². The fraction of sp³-hybridized carbons (Fsp3) is 0.476. The van der Waals surface area contributed by atoms with Gasteiger partial charge >= 0.3 is 0 Å². The number of hydrogen-bond donors (Lipinski definition) is 2. The van der Waals surface area contributed by atoms with E-state index in [2.05, 4.69) is 37.2 Å². The lowest BCUT2D eigenvalue weighted by molar-refractivity contribution is -0.120. The molecule has 2 N–H and O–H groups in total. The number of benzene rings is 1. The molecule has 2 atom stereocenters. The van der Waals surface area contributed by atoms with Gasteiger partial charge in [-0.25, -0.2) is 0 Å². The second kappa shape index (κ2) is 7.84. The van der Waals surface area contributed by atoms with E-state index in [1.165, 1.54) is 11.8 Å². The molecule has 0 spiro atoms. The maximum Gasteiger partial charge on any atom is 0.233 e. The molecular weight excluding hydrogens is 386 g/mol. The molecule has 0 bridgehead atoms. The summed E-state index contributed by atoms with van der Waals surface area (Å²) in [4.78, 5) is 15.9. The number of ether oxygens (including phenoxy) is 1. The molecule has 0 unspecified atom stereocenters. The quantitative estimate of drug-likeness (QED) is 0.581. The minimum absolute atomic E-state index is 0.0180. The van der Waals surface area contributed by atoms with Crippen LogP contribution in [0.4, 0.5) is 0 Å². The van der Waals surface area contributed by atoms with Crippen molar-refractivity contribution < 1.29 is 9.53 Å². The Labute approximate surface area is 173 Å². The molecule has 7 nitrogen and oxygen atoms in total. The van der Waals surface area contributed by atoms with Crippen LogP contribution in [-0.2, 0) is 9.53 Å². The molecule has 1 aliphatic carbocycles. The number of para-hydroxylation sites is 1. The molecular formula is C21H25N5O2S. The Hall–Kier alpha value is -2.32. The third-order valence-corrected chi connectivity index (χ3v) is 6.64. The number of nitrogens with zero attached hydrogens (tertiary/aromatic N) is 3. The number of aromatic nitrogens is 4. The van der Waals surface area contributed by atoms with Gasteiger partial charge in [-0.3, -0.25) is 9.36 Å². The van der Waals surface area contributed by atoms with E-state index >= 15 is 0 Å². The molecule has 3 heterocycles. The predicted molar refractivity (Wildman–Crippen MR) is 113 cm³/mol. The van der Waals surface area contributed by atoms with Gasteiger partial charge in [-0.05, 0) is 38.7 Å². The molecule has 29 heavy (non-hydrogen) atoms. The number of rotatable bonds is 7. The molecule has 3 aromatic rings. The topological polar surface area (TPSA) is 84.8 Å². The summed E-state index contributed by atoms with van der Waals surface area (Å²) in [6.07, 6.45) is 6.50. The lowest BCUT2D eigenvalue weighted by Gasteiger charge is -2.15. The van der Waals surface area contributed by atoms with Crippen molar-refractivity contribution in [3.8, 4) is 11.4 Å². The zero-order valence-electron chi connectivity index (χ0n) is 16.4. The predicted octanol–water partition coefficient (Wildman–Crippen LogP) is 3.54. The monoisotopic (exact) mass is 411 g/mol. The van der Waals surface area contributed by atoms with Crippen LogP contribution in [0.3, 0.4) is 0 Å². The highest BCUT2D eigenvalue weighted by Crippen LogP contribution is 2.42. The first kappa shape index (κ1) is 18.7. The number of fused-ring (bicyclic) bond motifs is 1. The molecule has 8 heteroatoms. The Morgan fingerprint density at radius 2 is 2.21 bits per heavy atom. The van der Waals surface area contributed by atoms with Gasteiger partial charge in [-0.1, -0.05) is 30.0 Å². The van der Waals surface area contributed by atoms with Gasteiger partial charge in [-0.15, -0.1) is 10.2 Å². The Bertz CT molecular complexity index is 1020. The van der Waals surface area contributed by atoms with Crippen molar-refractivity contribution in [1.29, 1.82) is 0 Å². The van der Waals surface area contributed by atoms with E-state index in [1.54, 1.807) is 0 Å². The van der Waals surface area contributed by atoms with Gasteiger partial charge in [0.2, 0.25) is 5.91 Å². The number of hydrogen-bond acceptors (Lipinski definition) is 5. The summed E-state index contributed by atoms with van der Waals surface area (Å²) in [5.74, 6) is 0.893. The average molecular weight is 412 g/mol. The fourth-order valence-electron chi connectivity index (χ4n) is 3.83. The third-order valence-electron chi connectivity index (χ3n) is 5.59. The van der Waals surface area contributed by atoms with E-state index in [0.717, 1.165) is 59.7 Å². The van der Waals surface area contributed by atoms with Crippen molar-refractivity contribution in [3.63, 3.8) is 0 Å². The molecule has 5 rings (SSSR count). The summed E-state index contributed by atoms with van der Waals surface area (Å²) in [6, 6.07) is 8.63. The number of aromatic amines is 1. The number of H-pyrrole nitrogens is 1. The summed E-state index contributed by atoms with van der Waals surface area (Å²) in [5, 5.41) is 13.7. The molecule has 0 radical (unpaired) electrons. The number of nitrogens with one attached hydrogen (secondary N) is 2. The Morgan fingerprint density at radius 3 is 3.00 bits per heavy atom. The smallest absolute Gasteiger partial charge is 0.233 e. The summed E-state index contributed by atoms with van der Waals surface area (Å²) < 4.78 is 7.80. The molecule has 1 amide bonds. The van der Waals surface area contributed by atoms with Gasteiger partial charge in [0.1, 0.15) is 0 Å². The summed E-state index contributed by atoms with van der Waals surface area (Å²) in [6.45, 7) is 3.30. The van der Waals surface area contributed by atoms with E-state index in [4.69, 9.17) is 4.74 Å². The molecule has 2 aliphatic rings. The van der Waals surface area contributed by atoms with Crippen LogP contribution in [0.2, 0.25) is 0 Å². The highest BCUT2D eigenvalue weighted by molar-refractivity contribution is 8.00.